The molecule has 2 aromatic rings. The van der Waals surface area contributed by atoms with Gasteiger partial charge in [-0.15, -0.1) is 0 Å². The average molecular weight is 459 g/mol. The Morgan fingerprint density at radius 1 is 0.636 bits per heavy atom. The number of carbonyl (C=O) groups is 1. The highest BCUT2D eigenvalue weighted by atomic mass is 16.6. The van der Waals surface area contributed by atoms with Gasteiger partial charge >= 0.3 is 5.97 Å². The van der Waals surface area contributed by atoms with Gasteiger partial charge in [0.1, 0.15) is 30.3 Å². The van der Waals surface area contributed by atoms with E-state index in [9.17, 15) is 4.79 Å². The number of hydrogen-bond acceptors (Lipinski definition) is 6. The summed E-state index contributed by atoms with van der Waals surface area (Å²) >= 11 is 0. The Kier molecular flexibility index (Phi) is 10.2. The maximum Gasteiger partial charge on any atom is 0.338 e. The van der Waals surface area contributed by atoms with Crippen molar-refractivity contribution in [3.05, 3.63) is 59.7 Å². The molecule has 33 heavy (non-hydrogen) atoms. The Labute approximate surface area is 198 Å². The quantitative estimate of drug-likeness (QED) is 0.312. The zero-order valence-electron chi connectivity index (χ0n) is 20.8. The summed E-state index contributed by atoms with van der Waals surface area (Å²) in [6, 6.07) is 15.1. The molecule has 0 aromatic heterocycles. The van der Waals surface area contributed by atoms with Crippen LogP contribution in [0.1, 0.15) is 57.5 Å². The minimum absolute atomic E-state index is 0.138. The van der Waals surface area contributed by atoms with E-state index >= 15 is 0 Å². The first-order chi connectivity index (χ1) is 15.5. The van der Waals surface area contributed by atoms with Crippen molar-refractivity contribution >= 4 is 5.97 Å². The standard InChI is InChI=1S/C27H38O6/c1-26(2,3)22-9-13-24(14-10-22)32-20-18-30-16-15-29-17-19-31-23-11-7-21(8-12-23)25(28)33-27(4,5)6/h7-14H,15-20H2,1-6H3. The van der Waals surface area contributed by atoms with Crippen molar-refractivity contribution in [2.24, 2.45) is 0 Å². The highest BCUT2D eigenvalue weighted by molar-refractivity contribution is 5.89. The van der Waals surface area contributed by atoms with E-state index in [1.165, 1.54) is 5.56 Å². The van der Waals surface area contributed by atoms with Crippen molar-refractivity contribution in [1.29, 1.82) is 0 Å². The van der Waals surface area contributed by atoms with Crippen LogP contribution in [0.25, 0.3) is 0 Å². The monoisotopic (exact) mass is 458 g/mol. The number of ether oxygens (including phenoxy) is 5. The summed E-state index contributed by atoms with van der Waals surface area (Å²) < 4.78 is 27.7. The molecule has 2 aromatic carbocycles. The van der Waals surface area contributed by atoms with Crippen molar-refractivity contribution in [2.45, 2.75) is 52.6 Å². The van der Waals surface area contributed by atoms with E-state index in [0.717, 1.165) is 5.75 Å². The molecule has 0 bridgehead atoms. The third kappa shape index (κ3) is 10.7. The van der Waals surface area contributed by atoms with Gasteiger partial charge in [-0.25, -0.2) is 4.79 Å². The van der Waals surface area contributed by atoms with Crippen LogP contribution in [0.4, 0.5) is 0 Å². The van der Waals surface area contributed by atoms with Crippen LogP contribution < -0.4 is 9.47 Å². The van der Waals surface area contributed by atoms with Crippen molar-refractivity contribution in [2.75, 3.05) is 39.6 Å². The molecule has 0 amide bonds. The number of carbonyl (C=O) groups excluding carboxylic acids is 1. The van der Waals surface area contributed by atoms with E-state index in [1.807, 2.05) is 32.9 Å². The molecule has 0 aliphatic carbocycles. The fourth-order valence-corrected chi connectivity index (χ4v) is 2.83. The van der Waals surface area contributed by atoms with Crippen molar-refractivity contribution in [3.8, 4) is 11.5 Å². The molecule has 0 radical (unpaired) electrons. The zero-order valence-corrected chi connectivity index (χ0v) is 20.8. The molecular weight excluding hydrogens is 420 g/mol. The predicted octanol–water partition coefficient (Wildman–Crippen LogP) is 5.43. The van der Waals surface area contributed by atoms with E-state index in [1.54, 1.807) is 24.3 Å². The van der Waals surface area contributed by atoms with Gasteiger partial charge in [-0.1, -0.05) is 32.9 Å². The Morgan fingerprint density at radius 2 is 1.06 bits per heavy atom. The number of benzene rings is 2. The van der Waals surface area contributed by atoms with Crippen LogP contribution in [0.2, 0.25) is 0 Å². The van der Waals surface area contributed by atoms with E-state index < -0.39 is 5.60 Å². The summed E-state index contributed by atoms with van der Waals surface area (Å²) in [6.07, 6.45) is 0. The van der Waals surface area contributed by atoms with Crippen LogP contribution >= 0.6 is 0 Å². The molecular formula is C27H38O6. The summed E-state index contributed by atoms with van der Waals surface area (Å²) in [5.74, 6) is 1.18. The van der Waals surface area contributed by atoms with Crippen molar-refractivity contribution in [3.63, 3.8) is 0 Å². The molecule has 0 heterocycles. The number of esters is 1. The molecule has 0 unspecified atom stereocenters. The van der Waals surface area contributed by atoms with Crippen LogP contribution in [-0.2, 0) is 19.6 Å². The molecule has 0 saturated heterocycles. The van der Waals surface area contributed by atoms with Gasteiger partial charge in [0.25, 0.3) is 0 Å². The van der Waals surface area contributed by atoms with Gasteiger partial charge < -0.3 is 23.7 Å². The Bertz CT molecular complexity index is 829. The van der Waals surface area contributed by atoms with Gasteiger partial charge in [0, 0.05) is 0 Å². The second kappa shape index (κ2) is 12.6. The van der Waals surface area contributed by atoms with Gasteiger partial charge in [0.15, 0.2) is 0 Å². The molecule has 6 heteroatoms. The Balaban J connectivity index is 1.50. The molecule has 0 atom stereocenters. The summed E-state index contributed by atoms with van der Waals surface area (Å²) in [7, 11) is 0. The minimum Gasteiger partial charge on any atom is -0.491 e. The van der Waals surface area contributed by atoms with Crippen LogP contribution in [0.15, 0.2) is 48.5 Å². The SMILES string of the molecule is CC(C)(C)OC(=O)c1ccc(OCCOCCOCCOc2ccc(C(C)(C)C)cc2)cc1. The first-order valence-corrected chi connectivity index (χ1v) is 11.4. The van der Waals surface area contributed by atoms with Gasteiger partial charge in [-0.3, -0.25) is 0 Å². The average Bonchev–Trinajstić information content (AvgIpc) is 2.74. The summed E-state index contributed by atoms with van der Waals surface area (Å²) in [5, 5.41) is 0. The lowest BCUT2D eigenvalue weighted by Gasteiger charge is -2.19. The summed E-state index contributed by atoms with van der Waals surface area (Å²) in [6.45, 7) is 15.0. The number of rotatable bonds is 12. The molecule has 0 N–H and O–H groups in total. The van der Waals surface area contributed by atoms with E-state index in [0.29, 0.717) is 51.0 Å². The molecule has 0 saturated carbocycles. The largest absolute Gasteiger partial charge is 0.491 e. The fourth-order valence-electron chi connectivity index (χ4n) is 2.83. The third-order valence-corrected chi connectivity index (χ3v) is 4.57. The molecule has 2 rings (SSSR count). The van der Waals surface area contributed by atoms with Crippen LogP contribution in [-0.4, -0.2) is 51.2 Å². The topological polar surface area (TPSA) is 63.2 Å². The lowest BCUT2D eigenvalue weighted by molar-refractivity contribution is 0.00694. The summed E-state index contributed by atoms with van der Waals surface area (Å²) in [4.78, 5) is 12.0. The predicted molar refractivity (Wildman–Crippen MR) is 129 cm³/mol. The maximum atomic E-state index is 12.0. The lowest BCUT2D eigenvalue weighted by atomic mass is 9.87. The summed E-state index contributed by atoms with van der Waals surface area (Å²) in [5.41, 5.74) is 1.40. The van der Waals surface area contributed by atoms with Crippen molar-refractivity contribution < 1.29 is 28.5 Å². The highest BCUT2D eigenvalue weighted by Gasteiger charge is 2.17. The zero-order chi connectivity index (χ0) is 24.3. The van der Waals surface area contributed by atoms with Crippen LogP contribution in [0, 0.1) is 0 Å². The normalized spacial score (nSPS) is 11.8. The van der Waals surface area contributed by atoms with Crippen LogP contribution in [0.5, 0.6) is 11.5 Å². The molecule has 0 aliphatic rings. The molecule has 0 fully saturated rings. The second-order valence-electron chi connectivity index (χ2n) is 9.72. The van der Waals surface area contributed by atoms with Gasteiger partial charge in [-0.2, -0.15) is 0 Å². The molecule has 6 nitrogen and oxygen atoms in total. The molecule has 0 spiro atoms. The smallest absolute Gasteiger partial charge is 0.338 e. The first-order valence-electron chi connectivity index (χ1n) is 11.4. The molecule has 0 aliphatic heterocycles. The Morgan fingerprint density at radius 3 is 1.48 bits per heavy atom. The minimum atomic E-state index is -0.515. The van der Waals surface area contributed by atoms with Gasteiger partial charge in [0.05, 0.1) is 32.0 Å². The van der Waals surface area contributed by atoms with Gasteiger partial charge in [-0.05, 0) is 68.1 Å². The molecule has 182 valence electrons. The van der Waals surface area contributed by atoms with E-state index in [-0.39, 0.29) is 11.4 Å². The van der Waals surface area contributed by atoms with Gasteiger partial charge in [0.2, 0.25) is 0 Å². The third-order valence-electron chi connectivity index (χ3n) is 4.57. The lowest BCUT2D eigenvalue weighted by Crippen LogP contribution is -2.23. The second-order valence-corrected chi connectivity index (χ2v) is 9.72. The van der Waals surface area contributed by atoms with E-state index in [4.69, 9.17) is 23.7 Å². The van der Waals surface area contributed by atoms with Crippen LogP contribution in [0.3, 0.4) is 0 Å². The van der Waals surface area contributed by atoms with E-state index in [2.05, 4.69) is 32.9 Å². The maximum absolute atomic E-state index is 12.0. The first kappa shape index (κ1) is 26.7. The Hall–Kier alpha value is -2.57. The fraction of sp³-hybridized carbons (Fsp3) is 0.519. The highest BCUT2D eigenvalue weighted by Crippen LogP contribution is 2.24. The number of hydrogen-bond donors (Lipinski definition) is 0. The van der Waals surface area contributed by atoms with Crippen molar-refractivity contribution in [1.82, 2.24) is 0 Å².